The van der Waals surface area contributed by atoms with E-state index in [0.717, 1.165) is 65.1 Å². The lowest BCUT2D eigenvalue weighted by atomic mass is 9.89. The van der Waals surface area contributed by atoms with Crippen LogP contribution in [0.5, 0.6) is 0 Å². The maximum Gasteiger partial charge on any atom is 0.191 e. The van der Waals surface area contributed by atoms with Gasteiger partial charge >= 0.3 is 0 Å². The van der Waals surface area contributed by atoms with Crippen LogP contribution in [0.15, 0.2) is 4.99 Å². The maximum atomic E-state index is 5.55. The summed E-state index contributed by atoms with van der Waals surface area (Å²) in [6.45, 7) is 17.0. The molecule has 7 heteroatoms. The summed E-state index contributed by atoms with van der Waals surface area (Å²) in [6.07, 6.45) is 2.42. The quantitative estimate of drug-likeness (QED) is 0.300. The van der Waals surface area contributed by atoms with Gasteiger partial charge in [0.15, 0.2) is 5.96 Å². The SMILES string of the molecule is CCNC(=NCC1(C)COC1)NCC(C(CC)CC)N1CCOCC1.I. The predicted octanol–water partition coefficient (Wildman–Crippen LogP) is 2.33. The summed E-state index contributed by atoms with van der Waals surface area (Å²) in [6, 6.07) is 0.533. The Bertz CT molecular complexity index is 408. The number of morpholine rings is 1. The standard InChI is InChI=1S/C19H38N4O2.HI/c1-5-16(6-2)17(23-8-10-24-11-9-23)12-21-18(20-7-3)22-13-19(4)14-25-15-19;/h16-17H,5-15H2,1-4H3,(H2,20,21,22);1H. The van der Waals surface area contributed by atoms with Crippen molar-refractivity contribution in [3.63, 3.8) is 0 Å². The number of hydrogen-bond donors (Lipinski definition) is 2. The predicted molar refractivity (Wildman–Crippen MR) is 119 cm³/mol. The van der Waals surface area contributed by atoms with Gasteiger partial charge in [-0.3, -0.25) is 9.89 Å². The Morgan fingerprint density at radius 3 is 2.23 bits per heavy atom. The van der Waals surface area contributed by atoms with Crippen molar-refractivity contribution in [2.24, 2.45) is 16.3 Å². The molecule has 0 radical (unpaired) electrons. The van der Waals surface area contributed by atoms with Crippen molar-refractivity contribution >= 4 is 29.9 Å². The molecule has 2 N–H and O–H groups in total. The largest absolute Gasteiger partial charge is 0.380 e. The van der Waals surface area contributed by atoms with E-state index in [9.17, 15) is 0 Å². The lowest BCUT2D eigenvalue weighted by Crippen LogP contribution is -2.53. The number of nitrogens with one attached hydrogen (secondary N) is 2. The highest BCUT2D eigenvalue weighted by Gasteiger charge is 2.33. The summed E-state index contributed by atoms with van der Waals surface area (Å²) in [7, 11) is 0. The third-order valence-corrected chi connectivity index (χ3v) is 5.45. The van der Waals surface area contributed by atoms with Crippen LogP contribution in [0.25, 0.3) is 0 Å². The van der Waals surface area contributed by atoms with E-state index < -0.39 is 0 Å². The zero-order valence-electron chi connectivity index (χ0n) is 17.1. The van der Waals surface area contributed by atoms with Crippen molar-refractivity contribution in [3.8, 4) is 0 Å². The topological polar surface area (TPSA) is 58.1 Å². The molecule has 0 aliphatic carbocycles. The van der Waals surface area contributed by atoms with Crippen molar-refractivity contribution < 1.29 is 9.47 Å². The highest BCUT2D eigenvalue weighted by molar-refractivity contribution is 14.0. The zero-order chi connectivity index (χ0) is 18.1. The van der Waals surface area contributed by atoms with Crippen LogP contribution in [0.2, 0.25) is 0 Å². The van der Waals surface area contributed by atoms with Crippen LogP contribution in [-0.2, 0) is 9.47 Å². The number of guanidine groups is 1. The number of halogens is 1. The molecule has 0 amide bonds. The minimum absolute atomic E-state index is 0. The lowest BCUT2D eigenvalue weighted by Gasteiger charge is -2.39. The van der Waals surface area contributed by atoms with Gasteiger partial charge in [0.05, 0.1) is 33.0 Å². The second kappa shape index (κ2) is 12.4. The Morgan fingerprint density at radius 1 is 1.08 bits per heavy atom. The second-order valence-corrected chi connectivity index (χ2v) is 7.67. The summed E-state index contributed by atoms with van der Waals surface area (Å²) < 4.78 is 10.9. The Hall–Kier alpha value is -0.120. The number of rotatable bonds is 9. The van der Waals surface area contributed by atoms with E-state index in [1.165, 1.54) is 12.8 Å². The Morgan fingerprint density at radius 2 is 1.73 bits per heavy atom. The highest BCUT2D eigenvalue weighted by atomic mass is 127. The number of hydrogen-bond acceptors (Lipinski definition) is 4. The van der Waals surface area contributed by atoms with Gasteiger partial charge in [-0.1, -0.05) is 33.6 Å². The molecule has 2 aliphatic rings. The van der Waals surface area contributed by atoms with Gasteiger partial charge in [0.25, 0.3) is 0 Å². The normalized spacial score (nSPS) is 21.7. The first-order valence-electron chi connectivity index (χ1n) is 10.0. The fourth-order valence-electron chi connectivity index (χ4n) is 3.69. The zero-order valence-corrected chi connectivity index (χ0v) is 19.4. The molecular weight excluding hydrogens is 443 g/mol. The van der Waals surface area contributed by atoms with E-state index in [0.29, 0.717) is 12.0 Å². The molecular formula is C19H39IN4O2. The molecule has 154 valence electrons. The molecule has 2 rings (SSSR count). The van der Waals surface area contributed by atoms with Gasteiger partial charge in [-0.25, -0.2) is 0 Å². The third kappa shape index (κ3) is 7.13. The van der Waals surface area contributed by atoms with E-state index >= 15 is 0 Å². The lowest BCUT2D eigenvalue weighted by molar-refractivity contribution is -0.0945. The van der Waals surface area contributed by atoms with Gasteiger partial charge in [0.2, 0.25) is 0 Å². The molecule has 0 aromatic rings. The summed E-state index contributed by atoms with van der Waals surface area (Å²) in [4.78, 5) is 7.40. The molecule has 0 spiro atoms. The van der Waals surface area contributed by atoms with E-state index in [1.807, 2.05) is 0 Å². The summed E-state index contributed by atoms with van der Waals surface area (Å²) in [5.74, 6) is 1.63. The van der Waals surface area contributed by atoms with Gasteiger partial charge in [-0.2, -0.15) is 0 Å². The van der Waals surface area contributed by atoms with Crippen LogP contribution in [0, 0.1) is 11.3 Å². The first-order chi connectivity index (χ1) is 12.1. The van der Waals surface area contributed by atoms with Gasteiger partial charge in [0.1, 0.15) is 0 Å². The fourth-order valence-corrected chi connectivity index (χ4v) is 3.69. The van der Waals surface area contributed by atoms with Crippen LogP contribution in [0.4, 0.5) is 0 Å². The monoisotopic (exact) mass is 482 g/mol. The highest BCUT2D eigenvalue weighted by Crippen LogP contribution is 2.26. The van der Waals surface area contributed by atoms with Gasteiger partial charge in [-0.05, 0) is 12.8 Å². The third-order valence-electron chi connectivity index (χ3n) is 5.45. The maximum absolute atomic E-state index is 5.55. The van der Waals surface area contributed by atoms with Gasteiger partial charge in [-0.15, -0.1) is 24.0 Å². The molecule has 0 aromatic carbocycles. The second-order valence-electron chi connectivity index (χ2n) is 7.67. The van der Waals surface area contributed by atoms with Crippen molar-refractivity contribution in [2.75, 3.05) is 59.2 Å². The summed E-state index contributed by atoms with van der Waals surface area (Å²) in [5.41, 5.74) is 0.210. The number of aliphatic imine (C=N–C) groups is 1. The molecule has 1 atom stereocenters. The van der Waals surface area contributed by atoms with Gasteiger partial charge in [0, 0.05) is 37.6 Å². The molecule has 26 heavy (non-hydrogen) atoms. The van der Waals surface area contributed by atoms with Gasteiger partial charge < -0.3 is 20.1 Å². The van der Waals surface area contributed by atoms with Crippen LogP contribution < -0.4 is 10.6 Å². The Kier molecular flexibility index (Phi) is 11.4. The summed E-state index contributed by atoms with van der Waals surface area (Å²) in [5, 5.41) is 7.00. The molecule has 6 nitrogen and oxygen atoms in total. The van der Waals surface area contributed by atoms with Crippen LogP contribution >= 0.6 is 24.0 Å². The minimum atomic E-state index is 0. The van der Waals surface area contributed by atoms with Crippen LogP contribution in [0.1, 0.15) is 40.5 Å². The number of ether oxygens (including phenoxy) is 2. The van der Waals surface area contributed by atoms with Crippen molar-refractivity contribution in [3.05, 3.63) is 0 Å². The van der Waals surface area contributed by atoms with E-state index in [4.69, 9.17) is 14.5 Å². The van der Waals surface area contributed by atoms with Crippen molar-refractivity contribution in [1.29, 1.82) is 0 Å². The molecule has 0 bridgehead atoms. The molecule has 0 aromatic heterocycles. The Balaban J connectivity index is 0.00000338. The molecule has 0 saturated carbocycles. The molecule has 2 saturated heterocycles. The average molecular weight is 482 g/mol. The average Bonchev–Trinajstić information content (AvgIpc) is 2.62. The number of nitrogens with zero attached hydrogens (tertiary/aromatic N) is 2. The molecule has 2 heterocycles. The first kappa shape index (κ1) is 23.9. The van der Waals surface area contributed by atoms with Crippen molar-refractivity contribution in [2.45, 2.75) is 46.6 Å². The fraction of sp³-hybridized carbons (Fsp3) is 0.947. The first-order valence-corrected chi connectivity index (χ1v) is 10.0. The van der Waals surface area contributed by atoms with E-state index in [1.54, 1.807) is 0 Å². The molecule has 1 unspecified atom stereocenters. The smallest absolute Gasteiger partial charge is 0.191 e. The van der Waals surface area contributed by atoms with Crippen LogP contribution in [0.3, 0.4) is 0 Å². The molecule has 2 aliphatic heterocycles. The minimum Gasteiger partial charge on any atom is -0.380 e. The van der Waals surface area contributed by atoms with E-state index in [2.05, 4.69) is 43.2 Å². The Labute approximate surface area is 176 Å². The summed E-state index contributed by atoms with van der Waals surface area (Å²) >= 11 is 0. The van der Waals surface area contributed by atoms with E-state index in [-0.39, 0.29) is 29.4 Å². The van der Waals surface area contributed by atoms with Crippen LogP contribution in [-0.4, -0.2) is 76.1 Å². The van der Waals surface area contributed by atoms with Crippen molar-refractivity contribution in [1.82, 2.24) is 15.5 Å². The molecule has 2 fully saturated rings.